The fourth-order valence-electron chi connectivity index (χ4n) is 2.15. The lowest BCUT2D eigenvalue weighted by Crippen LogP contribution is -2.27. The molecular weight excluding hydrogens is 382 g/mol. The van der Waals surface area contributed by atoms with Crippen LogP contribution >= 0.6 is 0 Å². The minimum atomic E-state index is -0.337. The smallest absolute Gasteiger partial charge is 0.287 e. The van der Waals surface area contributed by atoms with Crippen LogP contribution in [0.15, 0.2) is 78.0 Å². The molecule has 0 unspecified atom stereocenters. The molecule has 2 rings (SSSR count). The van der Waals surface area contributed by atoms with Gasteiger partial charge in [0.05, 0.1) is 19.5 Å². The number of phenolic OH excluding ortho intramolecular Hbond substituents is 1. The third-order valence-electron chi connectivity index (χ3n) is 3.43. The SMILES string of the molecule is C=C/C=C(\C=C)COCCNC(=O)c1cc(-c2ccccc2O)co1.CC=N.CN. The Bertz CT molecular complexity index is 825. The molecule has 0 fully saturated rings. The van der Waals surface area contributed by atoms with Gasteiger partial charge in [-0.05, 0) is 37.9 Å². The van der Waals surface area contributed by atoms with E-state index in [4.69, 9.17) is 14.6 Å². The number of carbonyl (C=O) groups is 1. The average molecular weight is 414 g/mol. The molecule has 0 spiro atoms. The number of aromatic hydroxyl groups is 1. The second kappa shape index (κ2) is 16.5. The van der Waals surface area contributed by atoms with Crippen molar-refractivity contribution in [3.8, 4) is 16.9 Å². The lowest BCUT2D eigenvalue weighted by Gasteiger charge is -2.05. The Morgan fingerprint density at radius 2 is 2.00 bits per heavy atom. The predicted octanol–water partition coefficient (Wildman–Crippen LogP) is 3.93. The van der Waals surface area contributed by atoms with Crippen LogP contribution in [0.25, 0.3) is 11.1 Å². The molecule has 2 aromatic rings. The van der Waals surface area contributed by atoms with Gasteiger partial charge in [-0.2, -0.15) is 0 Å². The number of allylic oxidation sites excluding steroid dienone is 2. The summed E-state index contributed by atoms with van der Waals surface area (Å²) in [6.45, 7) is 10.1. The highest BCUT2D eigenvalue weighted by atomic mass is 16.5. The molecule has 0 bridgehead atoms. The number of phenols is 1. The van der Waals surface area contributed by atoms with Crippen LogP contribution in [0.4, 0.5) is 0 Å². The number of nitrogens with two attached hydrogens (primary N) is 1. The van der Waals surface area contributed by atoms with Crippen molar-refractivity contribution >= 4 is 12.1 Å². The molecule has 1 amide bonds. The molecule has 7 nitrogen and oxygen atoms in total. The highest BCUT2D eigenvalue weighted by molar-refractivity contribution is 5.93. The van der Waals surface area contributed by atoms with E-state index >= 15 is 0 Å². The van der Waals surface area contributed by atoms with E-state index < -0.39 is 0 Å². The Kier molecular flexibility index (Phi) is 14.6. The molecule has 0 atom stereocenters. The van der Waals surface area contributed by atoms with Crippen LogP contribution in [-0.4, -0.2) is 44.0 Å². The molecule has 0 aliphatic rings. The van der Waals surface area contributed by atoms with Crippen LogP contribution < -0.4 is 11.1 Å². The van der Waals surface area contributed by atoms with E-state index in [1.54, 1.807) is 49.4 Å². The van der Waals surface area contributed by atoms with E-state index in [0.717, 1.165) is 5.57 Å². The molecule has 0 saturated carbocycles. The van der Waals surface area contributed by atoms with Crippen molar-refractivity contribution in [2.75, 3.05) is 26.8 Å². The number of rotatable bonds is 9. The maximum atomic E-state index is 12.1. The van der Waals surface area contributed by atoms with Gasteiger partial charge in [0.15, 0.2) is 5.76 Å². The number of ether oxygens (including phenoxy) is 1. The second-order valence-electron chi connectivity index (χ2n) is 5.50. The van der Waals surface area contributed by atoms with Gasteiger partial charge in [-0.3, -0.25) is 4.79 Å². The summed E-state index contributed by atoms with van der Waals surface area (Å²) in [6.07, 6.45) is 7.87. The Balaban J connectivity index is 0.00000154. The topological polar surface area (TPSA) is 122 Å². The third kappa shape index (κ3) is 9.68. The highest BCUT2D eigenvalue weighted by Gasteiger charge is 2.13. The first-order valence-electron chi connectivity index (χ1n) is 9.27. The lowest BCUT2D eigenvalue weighted by atomic mass is 10.1. The minimum Gasteiger partial charge on any atom is -0.507 e. The molecular formula is C23H31N3O4. The monoisotopic (exact) mass is 413 g/mol. The van der Waals surface area contributed by atoms with Gasteiger partial charge >= 0.3 is 0 Å². The summed E-state index contributed by atoms with van der Waals surface area (Å²) in [5.74, 6) is -0.0262. The molecule has 5 N–H and O–H groups in total. The predicted molar refractivity (Wildman–Crippen MR) is 122 cm³/mol. The first-order chi connectivity index (χ1) is 14.6. The summed E-state index contributed by atoms with van der Waals surface area (Å²) in [6, 6.07) is 8.46. The number of hydrogen-bond acceptors (Lipinski definition) is 6. The van der Waals surface area contributed by atoms with E-state index in [-0.39, 0.29) is 17.4 Å². The summed E-state index contributed by atoms with van der Waals surface area (Å²) >= 11 is 0. The zero-order valence-corrected chi connectivity index (χ0v) is 17.6. The number of furan rings is 1. The van der Waals surface area contributed by atoms with Crippen molar-refractivity contribution in [2.24, 2.45) is 5.73 Å². The zero-order valence-electron chi connectivity index (χ0n) is 17.6. The standard InChI is InChI=1S/C20H21NO4.C2H5N.CH5N/c1-3-7-15(4-2)13-24-11-10-21-20(23)19-12-16(14-25-19)17-8-5-6-9-18(17)22;1-2-3;1-2/h3-9,12,14,22H,1-2,10-11,13H2,(H,21,23);2-3H,1H3;2H2,1H3/b15-7+;;. The number of carbonyl (C=O) groups excluding carboxylic acids is 1. The Morgan fingerprint density at radius 1 is 1.33 bits per heavy atom. The van der Waals surface area contributed by atoms with Gasteiger partial charge in [0, 0.05) is 17.7 Å². The van der Waals surface area contributed by atoms with E-state index in [1.807, 2.05) is 6.08 Å². The summed E-state index contributed by atoms with van der Waals surface area (Å²) in [4.78, 5) is 12.1. The van der Waals surface area contributed by atoms with Gasteiger partial charge in [0.2, 0.25) is 0 Å². The van der Waals surface area contributed by atoms with Crippen molar-refractivity contribution in [2.45, 2.75) is 6.92 Å². The Hall–Kier alpha value is -3.42. The van der Waals surface area contributed by atoms with Gasteiger partial charge < -0.3 is 30.7 Å². The van der Waals surface area contributed by atoms with Crippen LogP contribution in [0, 0.1) is 5.41 Å². The molecule has 0 radical (unpaired) electrons. The zero-order chi connectivity index (χ0) is 22.8. The van der Waals surface area contributed by atoms with Crippen LogP contribution in [0.3, 0.4) is 0 Å². The quantitative estimate of drug-likeness (QED) is 0.282. The van der Waals surface area contributed by atoms with E-state index in [1.165, 1.54) is 19.5 Å². The van der Waals surface area contributed by atoms with Crippen LogP contribution in [0.2, 0.25) is 0 Å². The lowest BCUT2D eigenvalue weighted by molar-refractivity contribution is 0.0900. The van der Waals surface area contributed by atoms with Crippen LogP contribution in [0.1, 0.15) is 17.5 Å². The molecule has 1 heterocycles. The largest absolute Gasteiger partial charge is 0.507 e. The van der Waals surface area contributed by atoms with Gasteiger partial charge in [0.1, 0.15) is 5.75 Å². The molecule has 0 aliphatic carbocycles. The fraction of sp³-hybridized carbons (Fsp3) is 0.217. The number of benzene rings is 1. The van der Waals surface area contributed by atoms with Gasteiger partial charge in [-0.1, -0.05) is 49.6 Å². The van der Waals surface area contributed by atoms with Crippen LogP contribution in [-0.2, 0) is 4.74 Å². The summed E-state index contributed by atoms with van der Waals surface area (Å²) < 4.78 is 10.7. The van der Waals surface area contributed by atoms with Gasteiger partial charge in [-0.15, -0.1) is 0 Å². The highest BCUT2D eigenvalue weighted by Crippen LogP contribution is 2.29. The van der Waals surface area contributed by atoms with E-state index in [0.29, 0.717) is 30.9 Å². The Labute approximate surface area is 178 Å². The maximum absolute atomic E-state index is 12.1. The molecule has 30 heavy (non-hydrogen) atoms. The van der Waals surface area contributed by atoms with Crippen molar-refractivity contribution in [1.82, 2.24) is 5.32 Å². The number of hydrogen-bond donors (Lipinski definition) is 4. The first-order valence-corrected chi connectivity index (χ1v) is 9.27. The molecule has 0 saturated heterocycles. The second-order valence-corrected chi connectivity index (χ2v) is 5.50. The van der Waals surface area contributed by atoms with Crippen molar-refractivity contribution in [1.29, 1.82) is 5.41 Å². The number of para-hydroxylation sites is 1. The molecule has 1 aromatic heterocycles. The molecule has 0 aliphatic heterocycles. The summed E-state index contributed by atoms with van der Waals surface area (Å²) in [5, 5.41) is 18.6. The number of nitrogens with one attached hydrogen (secondary N) is 2. The first kappa shape index (κ1) is 26.6. The third-order valence-corrected chi connectivity index (χ3v) is 3.43. The fourth-order valence-corrected chi connectivity index (χ4v) is 2.15. The summed E-state index contributed by atoms with van der Waals surface area (Å²) in [7, 11) is 1.50. The van der Waals surface area contributed by atoms with Gasteiger partial charge in [0.25, 0.3) is 5.91 Å². The van der Waals surface area contributed by atoms with Gasteiger partial charge in [-0.25, -0.2) is 0 Å². The van der Waals surface area contributed by atoms with Crippen molar-refractivity contribution in [3.63, 3.8) is 0 Å². The van der Waals surface area contributed by atoms with Crippen molar-refractivity contribution < 1.29 is 19.1 Å². The number of amides is 1. The van der Waals surface area contributed by atoms with E-state index in [9.17, 15) is 9.90 Å². The maximum Gasteiger partial charge on any atom is 0.287 e. The van der Waals surface area contributed by atoms with E-state index in [2.05, 4.69) is 24.2 Å². The Morgan fingerprint density at radius 3 is 2.60 bits per heavy atom. The molecule has 1 aromatic carbocycles. The molecule has 162 valence electrons. The minimum absolute atomic E-state index is 0.134. The normalized spacial score (nSPS) is 9.90. The molecule has 7 heteroatoms. The van der Waals surface area contributed by atoms with Crippen LogP contribution in [0.5, 0.6) is 5.75 Å². The van der Waals surface area contributed by atoms with Crippen molar-refractivity contribution in [3.05, 3.63) is 79.3 Å². The summed E-state index contributed by atoms with van der Waals surface area (Å²) in [5.41, 5.74) is 6.67. The average Bonchev–Trinajstić information content (AvgIpc) is 3.25.